The third-order valence-corrected chi connectivity index (χ3v) is 3.79. The van der Waals surface area contributed by atoms with Crippen molar-refractivity contribution in [2.75, 3.05) is 0 Å². The first kappa shape index (κ1) is 11.7. The molecule has 2 aromatic rings. The number of halogens is 1. The molecule has 0 saturated heterocycles. The molecular weight excluding hydrogens is 294 g/mol. The quantitative estimate of drug-likeness (QED) is 0.881. The Bertz CT molecular complexity index is 581. The van der Waals surface area contributed by atoms with Gasteiger partial charge in [0.05, 0.1) is 18.2 Å². The maximum Gasteiger partial charge on any atom is 0.142 e. The molecule has 1 aliphatic heterocycles. The fraction of sp³-hybridized carbons (Fsp3) is 0.308. The first-order valence-corrected chi connectivity index (χ1v) is 6.62. The van der Waals surface area contributed by atoms with Gasteiger partial charge in [-0.3, -0.25) is 0 Å². The first-order chi connectivity index (χ1) is 8.65. The third-order valence-electron chi connectivity index (χ3n) is 3.29. The third kappa shape index (κ3) is 1.93. The molecule has 0 spiro atoms. The molecule has 4 nitrogen and oxygen atoms in total. The van der Waals surface area contributed by atoms with Crippen molar-refractivity contribution in [3.05, 3.63) is 46.5 Å². The van der Waals surface area contributed by atoms with E-state index in [-0.39, 0.29) is 12.1 Å². The van der Waals surface area contributed by atoms with E-state index in [4.69, 9.17) is 10.5 Å². The summed E-state index contributed by atoms with van der Waals surface area (Å²) in [5.74, 6) is 0.864. The van der Waals surface area contributed by atoms with Gasteiger partial charge in [-0.05, 0) is 18.2 Å². The minimum atomic E-state index is -0.0267. The number of aryl methyl sites for hydroxylation is 1. The van der Waals surface area contributed by atoms with Crippen molar-refractivity contribution in [2.45, 2.75) is 18.6 Å². The van der Waals surface area contributed by atoms with Crippen LogP contribution >= 0.6 is 15.9 Å². The monoisotopic (exact) mass is 307 g/mol. The zero-order valence-electron chi connectivity index (χ0n) is 10.0. The zero-order valence-corrected chi connectivity index (χ0v) is 11.6. The number of nitrogens with two attached hydrogens (primary N) is 1. The number of aromatic nitrogens is 2. The minimum Gasteiger partial charge on any atom is -0.484 e. The van der Waals surface area contributed by atoms with Crippen molar-refractivity contribution >= 4 is 15.9 Å². The summed E-state index contributed by atoms with van der Waals surface area (Å²) in [5, 5.41) is 0. The van der Waals surface area contributed by atoms with E-state index in [2.05, 4.69) is 20.9 Å². The molecule has 2 atom stereocenters. The van der Waals surface area contributed by atoms with Gasteiger partial charge in [0.25, 0.3) is 0 Å². The number of hydrogen-bond donors (Lipinski definition) is 1. The van der Waals surface area contributed by atoms with Gasteiger partial charge in [-0.2, -0.15) is 0 Å². The normalized spacial score (nSPS) is 22.4. The fourth-order valence-corrected chi connectivity index (χ4v) is 2.71. The van der Waals surface area contributed by atoms with Crippen molar-refractivity contribution in [3.63, 3.8) is 0 Å². The van der Waals surface area contributed by atoms with Gasteiger partial charge in [-0.15, -0.1) is 0 Å². The van der Waals surface area contributed by atoms with Crippen LogP contribution in [0.5, 0.6) is 5.75 Å². The van der Waals surface area contributed by atoms with Crippen LogP contribution in [0.3, 0.4) is 0 Å². The van der Waals surface area contributed by atoms with Crippen molar-refractivity contribution in [3.8, 4) is 5.75 Å². The average Bonchev–Trinajstić information content (AvgIpc) is 2.76. The lowest BCUT2D eigenvalue weighted by Gasteiger charge is -2.30. The topological polar surface area (TPSA) is 53.1 Å². The van der Waals surface area contributed by atoms with Gasteiger partial charge in [0.1, 0.15) is 11.9 Å². The van der Waals surface area contributed by atoms with E-state index in [0.717, 1.165) is 27.9 Å². The molecule has 0 bridgehead atoms. The molecule has 1 aromatic heterocycles. The smallest absolute Gasteiger partial charge is 0.142 e. The maximum atomic E-state index is 6.23. The Balaban J connectivity index is 1.97. The van der Waals surface area contributed by atoms with Crippen LogP contribution in [0.1, 0.15) is 29.8 Å². The van der Waals surface area contributed by atoms with Crippen molar-refractivity contribution in [2.24, 2.45) is 12.8 Å². The predicted molar refractivity (Wildman–Crippen MR) is 72.3 cm³/mol. The molecule has 2 N–H and O–H groups in total. The molecule has 0 saturated carbocycles. The molecule has 0 radical (unpaired) electrons. The van der Waals surface area contributed by atoms with Crippen LogP contribution in [-0.2, 0) is 7.05 Å². The second kappa shape index (κ2) is 4.40. The van der Waals surface area contributed by atoms with Crippen LogP contribution in [0.2, 0.25) is 0 Å². The summed E-state index contributed by atoms with van der Waals surface area (Å²) in [6, 6.07) is 5.95. The van der Waals surface area contributed by atoms with Crippen LogP contribution in [-0.4, -0.2) is 9.55 Å². The highest BCUT2D eigenvalue weighted by Crippen LogP contribution is 2.40. The standard InChI is InChI=1S/C13H14BrN3O/c1-17-7-16-6-11(17)13-5-10(15)9-4-8(14)2-3-12(9)18-13/h2-4,6-7,10,13H,5,15H2,1H3/t10-,13?/m0/s1. The lowest BCUT2D eigenvalue weighted by atomic mass is 9.96. The molecule has 18 heavy (non-hydrogen) atoms. The molecule has 94 valence electrons. The van der Waals surface area contributed by atoms with Gasteiger partial charge >= 0.3 is 0 Å². The van der Waals surface area contributed by atoms with E-state index >= 15 is 0 Å². The lowest BCUT2D eigenvalue weighted by molar-refractivity contribution is 0.154. The van der Waals surface area contributed by atoms with Gasteiger partial charge < -0.3 is 15.0 Å². The summed E-state index contributed by atoms with van der Waals surface area (Å²) in [7, 11) is 1.97. The molecule has 3 rings (SSSR count). The Morgan fingerprint density at radius 2 is 2.33 bits per heavy atom. The van der Waals surface area contributed by atoms with Gasteiger partial charge in [0.2, 0.25) is 0 Å². The van der Waals surface area contributed by atoms with E-state index in [1.54, 1.807) is 6.33 Å². The average molecular weight is 308 g/mol. The number of ether oxygens (including phenoxy) is 1. The number of rotatable bonds is 1. The van der Waals surface area contributed by atoms with E-state index < -0.39 is 0 Å². The molecule has 1 unspecified atom stereocenters. The van der Waals surface area contributed by atoms with Crippen LogP contribution < -0.4 is 10.5 Å². The van der Waals surface area contributed by atoms with Crippen LogP contribution in [0.15, 0.2) is 35.2 Å². The van der Waals surface area contributed by atoms with E-state index in [1.165, 1.54) is 0 Å². The molecular formula is C13H14BrN3O. The number of fused-ring (bicyclic) bond motifs is 1. The second-order valence-corrected chi connectivity index (χ2v) is 5.48. The predicted octanol–water partition coefficient (Wildman–Crippen LogP) is 2.71. The SMILES string of the molecule is Cn1cncc1C1C[C@H](N)c2cc(Br)ccc2O1. The summed E-state index contributed by atoms with van der Waals surface area (Å²) in [5.41, 5.74) is 8.34. The number of nitrogens with zero attached hydrogens (tertiary/aromatic N) is 2. The van der Waals surface area contributed by atoms with Crippen LogP contribution in [0.25, 0.3) is 0 Å². The van der Waals surface area contributed by atoms with Crippen molar-refractivity contribution in [1.29, 1.82) is 0 Å². The highest BCUT2D eigenvalue weighted by atomic mass is 79.9. The number of benzene rings is 1. The second-order valence-electron chi connectivity index (χ2n) is 4.56. The number of hydrogen-bond acceptors (Lipinski definition) is 3. The van der Waals surface area contributed by atoms with E-state index in [0.29, 0.717) is 0 Å². The maximum absolute atomic E-state index is 6.23. The Labute approximate surface area is 114 Å². The van der Waals surface area contributed by atoms with Gasteiger partial charge in [-0.25, -0.2) is 4.98 Å². The van der Waals surface area contributed by atoms with E-state index in [9.17, 15) is 0 Å². The minimum absolute atomic E-state index is 0.00819. The Morgan fingerprint density at radius 1 is 1.50 bits per heavy atom. The Hall–Kier alpha value is -1.33. The molecule has 5 heteroatoms. The Kier molecular flexibility index (Phi) is 2.87. The van der Waals surface area contributed by atoms with Gasteiger partial charge in [0, 0.05) is 29.5 Å². The molecule has 1 aliphatic rings. The zero-order chi connectivity index (χ0) is 12.7. The highest BCUT2D eigenvalue weighted by molar-refractivity contribution is 9.10. The summed E-state index contributed by atoms with van der Waals surface area (Å²) < 4.78 is 9.02. The molecule has 0 fully saturated rings. The van der Waals surface area contributed by atoms with Gasteiger partial charge in [0.15, 0.2) is 0 Å². The lowest BCUT2D eigenvalue weighted by Crippen LogP contribution is -2.25. The Morgan fingerprint density at radius 3 is 3.06 bits per heavy atom. The van der Waals surface area contributed by atoms with Gasteiger partial charge in [-0.1, -0.05) is 15.9 Å². The van der Waals surface area contributed by atoms with Crippen LogP contribution in [0.4, 0.5) is 0 Å². The largest absolute Gasteiger partial charge is 0.484 e. The summed E-state index contributed by atoms with van der Waals surface area (Å²) in [4.78, 5) is 4.13. The highest BCUT2D eigenvalue weighted by Gasteiger charge is 2.28. The molecule has 1 aromatic carbocycles. The summed E-state index contributed by atoms with van der Waals surface area (Å²) >= 11 is 3.46. The van der Waals surface area contributed by atoms with Crippen molar-refractivity contribution < 1.29 is 4.74 Å². The first-order valence-electron chi connectivity index (χ1n) is 5.83. The number of imidazole rings is 1. The van der Waals surface area contributed by atoms with Crippen molar-refractivity contribution in [1.82, 2.24) is 9.55 Å². The van der Waals surface area contributed by atoms with E-state index in [1.807, 2.05) is 36.0 Å². The molecule has 2 heterocycles. The van der Waals surface area contributed by atoms with Crippen LogP contribution in [0, 0.1) is 0 Å². The molecule has 0 aliphatic carbocycles. The molecule has 0 amide bonds. The summed E-state index contributed by atoms with van der Waals surface area (Å²) in [6.07, 6.45) is 4.35. The summed E-state index contributed by atoms with van der Waals surface area (Å²) in [6.45, 7) is 0. The fourth-order valence-electron chi connectivity index (χ4n) is 2.33.